The number of hydrogen-bond acceptors (Lipinski definition) is 7. The number of para-hydroxylation sites is 1. The predicted octanol–water partition coefficient (Wildman–Crippen LogP) is 5.57. The van der Waals surface area contributed by atoms with E-state index in [9.17, 15) is 9.59 Å². The first-order valence-corrected chi connectivity index (χ1v) is 12.6. The Bertz CT molecular complexity index is 1280. The summed E-state index contributed by atoms with van der Waals surface area (Å²) >= 11 is 2.75. The number of carbonyl (C=O) groups is 2. The summed E-state index contributed by atoms with van der Waals surface area (Å²) < 4.78 is 10.6. The van der Waals surface area contributed by atoms with Crippen LogP contribution in [0, 0.1) is 0 Å². The summed E-state index contributed by atoms with van der Waals surface area (Å²) in [5.74, 6) is 1.21. The van der Waals surface area contributed by atoms with Crippen LogP contribution < -0.4 is 20.1 Å². The number of nitrogens with one attached hydrogen (secondary N) is 2. The van der Waals surface area contributed by atoms with E-state index in [2.05, 4.69) is 15.6 Å². The molecule has 0 atom stereocenters. The largest absolute Gasteiger partial charge is 0.497 e. The lowest BCUT2D eigenvalue weighted by atomic mass is 10.2. The highest BCUT2D eigenvalue weighted by atomic mass is 32.2. The second kappa shape index (κ2) is 12.0. The highest BCUT2D eigenvalue weighted by Gasteiger charge is 2.10. The lowest BCUT2D eigenvalue weighted by Gasteiger charge is -2.09. The Kier molecular flexibility index (Phi) is 8.37. The zero-order valence-electron chi connectivity index (χ0n) is 18.9. The number of carbonyl (C=O) groups excluding carboxylic acids is 2. The molecule has 35 heavy (non-hydrogen) atoms. The van der Waals surface area contributed by atoms with Crippen molar-refractivity contribution in [1.29, 1.82) is 0 Å². The number of nitrogens with zero attached hydrogens (tertiary/aromatic N) is 1. The average molecular weight is 506 g/mol. The van der Waals surface area contributed by atoms with Crippen LogP contribution >= 0.6 is 23.1 Å². The molecule has 1 aromatic heterocycles. The number of rotatable bonds is 10. The number of hydrogen-bond donors (Lipinski definition) is 2. The van der Waals surface area contributed by atoms with Gasteiger partial charge in [-0.2, -0.15) is 0 Å². The van der Waals surface area contributed by atoms with Crippen molar-refractivity contribution in [2.45, 2.75) is 4.90 Å². The van der Waals surface area contributed by atoms with Crippen LogP contribution in [-0.4, -0.2) is 36.3 Å². The van der Waals surface area contributed by atoms with Gasteiger partial charge < -0.3 is 20.1 Å². The fourth-order valence-electron chi connectivity index (χ4n) is 3.06. The van der Waals surface area contributed by atoms with Crippen LogP contribution in [0.2, 0.25) is 0 Å². The molecule has 7 nitrogen and oxygen atoms in total. The van der Waals surface area contributed by atoms with Crippen LogP contribution in [0.1, 0.15) is 0 Å². The molecule has 0 bridgehead atoms. The maximum absolute atomic E-state index is 12.4. The minimum absolute atomic E-state index is 0.0872. The third-order valence-electron chi connectivity index (χ3n) is 4.74. The lowest BCUT2D eigenvalue weighted by molar-refractivity contribution is -0.118. The number of thiazole rings is 1. The van der Waals surface area contributed by atoms with E-state index in [1.54, 1.807) is 25.3 Å². The molecule has 0 fully saturated rings. The molecular formula is C26H23N3O4S2. The Morgan fingerprint density at radius 2 is 1.71 bits per heavy atom. The van der Waals surface area contributed by atoms with E-state index >= 15 is 0 Å². The molecular weight excluding hydrogens is 482 g/mol. The van der Waals surface area contributed by atoms with E-state index < -0.39 is 0 Å². The summed E-state index contributed by atoms with van der Waals surface area (Å²) in [6.07, 6.45) is 0. The third kappa shape index (κ3) is 7.33. The molecule has 0 aliphatic rings. The van der Waals surface area contributed by atoms with Gasteiger partial charge in [-0.05, 0) is 54.6 Å². The first-order valence-electron chi connectivity index (χ1n) is 10.7. The highest BCUT2D eigenvalue weighted by Crippen LogP contribution is 2.27. The summed E-state index contributed by atoms with van der Waals surface area (Å²) in [5.41, 5.74) is 2.38. The molecule has 4 aromatic rings. The van der Waals surface area contributed by atoms with Gasteiger partial charge in [0.1, 0.15) is 11.5 Å². The molecule has 0 saturated carbocycles. The highest BCUT2D eigenvalue weighted by molar-refractivity contribution is 8.00. The maximum Gasteiger partial charge on any atom is 0.262 e. The fraction of sp³-hybridized carbons (Fsp3) is 0.115. The van der Waals surface area contributed by atoms with Crippen LogP contribution in [0.5, 0.6) is 11.5 Å². The van der Waals surface area contributed by atoms with Crippen molar-refractivity contribution < 1.29 is 19.1 Å². The number of thioether (sulfide) groups is 1. The minimum atomic E-state index is -0.259. The van der Waals surface area contributed by atoms with E-state index in [0.717, 1.165) is 21.9 Å². The summed E-state index contributed by atoms with van der Waals surface area (Å²) in [6, 6.07) is 24.1. The predicted molar refractivity (Wildman–Crippen MR) is 140 cm³/mol. The summed E-state index contributed by atoms with van der Waals surface area (Å²) in [4.78, 5) is 30.0. The van der Waals surface area contributed by atoms with E-state index in [-0.39, 0.29) is 24.2 Å². The van der Waals surface area contributed by atoms with Gasteiger partial charge in [-0.25, -0.2) is 4.98 Å². The second-order valence-corrected chi connectivity index (χ2v) is 9.19. The van der Waals surface area contributed by atoms with Crippen molar-refractivity contribution in [2.75, 3.05) is 30.1 Å². The smallest absolute Gasteiger partial charge is 0.262 e. The van der Waals surface area contributed by atoms with Gasteiger partial charge in [0.2, 0.25) is 5.91 Å². The molecule has 0 aliphatic carbocycles. The lowest BCUT2D eigenvalue weighted by Crippen LogP contribution is -2.20. The quantitative estimate of drug-likeness (QED) is 0.274. The molecule has 0 radical (unpaired) electrons. The fourth-order valence-corrected chi connectivity index (χ4v) is 4.55. The van der Waals surface area contributed by atoms with Gasteiger partial charge in [-0.15, -0.1) is 23.1 Å². The molecule has 0 aliphatic heterocycles. The molecule has 3 aromatic carbocycles. The SMILES string of the molecule is COc1ccc(-c2csc(NC(=O)CSc3cccc(NC(=O)COc4ccccc4)c3)n2)cc1. The molecule has 178 valence electrons. The first kappa shape index (κ1) is 24.3. The van der Waals surface area contributed by atoms with Crippen LogP contribution in [0.25, 0.3) is 11.3 Å². The number of aromatic nitrogens is 1. The Morgan fingerprint density at radius 1 is 0.914 bits per heavy atom. The van der Waals surface area contributed by atoms with E-state index in [4.69, 9.17) is 9.47 Å². The number of ether oxygens (including phenoxy) is 2. The molecule has 2 N–H and O–H groups in total. The summed E-state index contributed by atoms with van der Waals surface area (Å²) in [7, 11) is 1.62. The first-order chi connectivity index (χ1) is 17.1. The molecule has 0 unspecified atom stereocenters. The molecule has 0 saturated heterocycles. The van der Waals surface area contributed by atoms with E-state index in [1.165, 1.54) is 23.1 Å². The van der Waals surface area contributed by atoms with Crippen LogP contribution in [0.3, 0.4) is 0 Å². The number of methoxy groups -OCH3 is 1. The van der Waals surface area contributed by atoms with Crippen molar-refractivity contribution in [3.8, 4) is 22.8 Å². The normalized spacial score (nSPS) is 10.4. The monoisotopic (exact) mass is 505 g/mol. The Hall–Kier alpha value is -3.82. The van der Waals surface area contributed by atoms with E-state index in [0.29, 0.717) is 16.6 Å². The Labute approximate surface area is 211 Å². The van der Waals surface area contributed by atoms with Crippen molar-refractivity contribution in [1.82, 2.24) is 4.98 Å². The Morgan fingerprint density at radius 3 is 2.49 bits per heavy atom. The summed E-state index contributed by atoms with van der Waals surface area (Å²) in [5, 5.41) is 8.10. The van der Waals surface area contributed by atoms with Gasteiger partial charge in [0.15, 0.2) is 11.7 Å². The van der Waals surface area contributed by atoms with Gasteiger partial charge >= 0.3 is 0 Å². The number of benzene rings is 3. The van der Waals surface area contributed by atoms with Crippen LogP contribution in [0.4, 0.5) is 10.8 Å². The van der Waals surface area contributed by atoms with Crippen molar-refractivity contribution in [3.05, 3.63) is 84.2 Å². The standard InChI is InChI=1S/C26H23N3O4S2/c1-32-20-12-10-18(11-13-20)23-16-35-26(28-23)29-25(31)17-34-22-9-5-6-19(14-22)27-24(30)15-33-21-7-3-2-4-8-21/h2-14,16H,15,17H2,1H3,(H,27,30)(H,28,29,31). The van der Waals surface area contributed by atoms with Gasteiger partial charge in [0.05, 0.1) is 18.6 Å². The van der Waals surface area contributed by atoms with Crippen molar-refractivity contribution >= 4 is 45.7 Å². The molecule has 2 amide bonds. The zero-order valence-corrected chi connectivity index (χ0v) is 20.5. The van der Waals surface area contributed by atoms with E-state index in [1.807, 2.05) is 66.0 Å². The van der Waals surface area contributed by atoms with Crippen LogP contribution in [-0.2, 0) is 9.59 Å². The molecule has 4 rings (SSSR count). The van der Waals surface area contributed by atoms with Gasteiger partial charge in [0.25, 0.3) is 5.91 Å². The van der Waals surface area contributed by atoms with Gasteiger partial charge in [-0.1, -0.05) is 24.3 Å². The average Bonchev–Trinajstić information content (AvgIpc) is 3.35. The molecule has 9 heteroatoms. The minimum Gasteiger partial charge on any atom is -0.497 e. The molecule has 1 heterocycles. The van der Waals surface area contributed by atoms with Crippen LogP contribution in [0.15, 0.2) is 89.1 Å². The molecule has 0 spiro atoms. The summed E-state index contributed by atoms with van der Waals surface area (Å²) in [6.45, 7) is -0.0872. The number of amides is 2. The van der Waals surface area contributed by atoms with Gasteiger partial charge in [0, 0.05) is 21.5 Å². The zero-order chi connectivity index (χ0) is 24.5. The van der Waals surface area contributed by atoms with Crippen molar-refractivity contribution in [3.63, 3.8) is 0 Å². The maximum atomic E-state index is 12.4. The number of anilines is 2. The Balaban J connectivity index is 1.25. The topological polar surface area (TPSA) is 89.6 Å². The van der Waals surface area contributed by atoms with Gasteiger partial charge in [-0.3, -0.25) is 9.59 Å². The van der Waals surface area contributed by atoms with Crippen molar-refractivity contribution in [2.24, 2.45) is 0 Å². The third-order valence-corrected chi connectivity index (χ3v) is 6.49. The second-order valence-electron chi connectivity index (χ2n) is 7.28.